The first-order chi connectivity index (χ1) is 10.8. The van der Waals surface area contributed by atoms with Gasteiger partial charge in [0.25, 0.3) is 0 Å². The number of rotatable bonds is 8. The molecule has 2 unspecified atom stereocenters. The molecule has 0 aliphatic carbocycles. The molecule has 0 aromatic heterocycles. The van der Waals surface area contributed by atoms with Gasteiger partial charge >= 0.3 is 6.03 Å². The van der Waals surface area contributed by atoms with Crippen LogP contribution in [0.15, 0.2) is 18.2 Å². The maximum absolute atomic E-state index is 13.7. The lowest BCUT2D eigenvalue weighted by molar-refractivity contribution is 0.0554. The highest BCUT2D eigenvalue weighted by Gasteiger charge is 2.27. The molecule has 0 spiro atoms. The van der Waals surface area contributed by atoms with Crippen molar-refractivity contribution in [2.75, 3.05) is 18.1 Å². The maximum Gasteiger partial charge on any atom is 0.315 e. The number of carbonyl (C=O) groups excluding carboxylic acids is 1. The van der Waals surface area contributed by atoms with E-state index in [1.165, 1.54) is 13.0 Å². The van der Waals surface area contributed by atoms with Gasteiger partial charge in [-0.2, -0.15) is 11.8 Å². The number of hydrogen-bond acceptors (Lipinski definition) is 3. The summed E-state index contributed by atoms with van der Waals surface area (Å²) in [5.41, 5.74) is -1.69. The van der Waals surface area contributed by atoms with Crippen LogP contribution in [0.25, 0.3) is 0 Å². The van der Waals surface area contributed by atoms with E-state index >= 15 is 0 Å². The molecule has 7 heteroatoms. The van der Waals surface area contributed by atoms with Crippen molar-refractivity contribution in [2.45, 2.75) is 38.8 Å². The zero-order chi connectivity index (χ0) is 17.5. The standard InChI is InChI=1S/C16H24F2N2O2S/c1-4-23-8-7-11(2)20-15(21)19-10-16(3,22)13-6-5-12(17)9-14(13)18/h5-6,9,11,22H,4,7-8,10H2,1-3H3,(H2,19,20,21). The largest absolute Gasteiger partial charge is 0.383 e. The average Bonchev–Trinajstić information content (AvgIpc) is 2.45. The summed E-state index contributed by atoms with van der Waals surface area (Å²) in [6.45, 7) is 5.16. The van der Waals surface area contributed by atoms with Crippen LogP contribution in [-0.4, -0.2) is 35.2 Å². The summed E-state index contributed by atoms with van der Waals surface area (Å²) < 4.78 is 26.6. The van der Waals surface area contributed by atoms with Crippen molar-refractivity contribution in [3.8, 4) is 0 Å². The summed E-state index contributed by atoms with van der Waals surface area (Å²) in [7, 11) is 0. The van der Waals surface area contributed by atoms with Gasteiger partial charge in [-0.15, -0.1) is 0 Å². The van der Waals surface area contributed by atoms with Crippen LogP contribution in [0.2, 0.25) is 0 Å². The highest BCUT2D eigenvalue weighted by molar-refractivity contribution is 7.99. The van der Waals surface area contributed by atoms with E-state index in [0.29, 0.717) is 6.07 Å². The van der Waals surface area contributed by atoms with Gasteiger partial charge in [0, 0.05) is 17.7 Å². The van der Waals surface area contributed by atoms with E-state index in [0.717, 1.165) is 24.0 Å². The molecule has 130 valence electrons. The second-order valence-electron chi connectivity index (χ2n) is 5.61. The van der Waals surface area contributed by atoms with Crippen molar-refractivity contribution in [1.29, 1.82) is 0 Å². The molecule has 3 N–H and O–H groups in total. The fraction of sp³-hybridized carbons (Fsp3) is 0.562. The van der Waals surface area contributed by atoms with E-state index < -0.39 is 23.3 Å². The predicted octanol–water partition coefficient (Wildman–Crippen LogP) is 3.00. The van der Waals surface area contributed by atoms with E-state index in [1.807, 2.05) is 6.92 Å². The Kier molecular flexibility index (Phi) is 7.78. The normalized spacial score (nSPS) is 14.9. The molecule has 4 nitrogen and oxygen atoms in total. The van der Waals surface area contributed by atoms with Crippen molar-refractivity contribution in [2.24, 2.45) is 0 Å². The Morgan fingerprint density at radius 3 is 2.74 bits per heavy atom. The van der Waals surface area contributed by atoms with Crippen LogP contribution in [-0.2, 0) is 5.60 Å². The first kappa shape index (κ1) is 19.7. The third-order valence-electron chi connectivity index (χ3n) is 3.38. The average molecular weight is 346 g/mol. The molecule has 0 radical (unpaired) electrons. The monoisotopic (exact) mass is 346 g/mol. The van der Waals surface area contributed by atoms with Gasteiger partial charge in [-0.25, -0.2) is 13.6 Å². The van der Waals surface area contributed by atoms with Gasteiger partial charge in [0.05, 0.1) is 6.54 Å². The van der Waals surface area contributed by atoms with Crippen LogP contribution < -0.4 is 10.6 Å². The minimum absolute atomic E-state index is 0.00144. The molecule has 0 aliphatic rings. The SMILES string of the molecule is CCSCCC(C)NC(=O)NCC(C)(O)c1ccc(F)cc1F. The number of amides is 2. The van der Waals surface area contributed by atoms with Gasteiger partial charge in [-0.05, 0) is 37.8 Å². The Bertz CT molecular complexity index is 527. The zero-order valence-corrected chi connectivity index (χ0v) is 14.5. The summed E-state index contributed by atoms with van der Waals surface area (Å²) in [5.74, 6) is 0.426. The quantitative estimate of drug-likeness (QED) is 0.634. The van der Waals surface area contributed by atoms with E-state index in [1.54, 1.807) is 11.8 Å². The third-order valence-corrected chi connectivity index (χ3v) is 4.31. The first-order valence-corrected chi connectivity index (χ1v) is 8.71. The van der Waals surface area contributed by atoms with Crippen molar-refractivity contribution < 1.29 is 18.7 Å². The Labute approximate surface area is 140 Å². The lowest BCUT2D eigenvalue weighted by Gasteiger charge is -2.25. The van der Waals surface area contributed by atoms with Crippen LogP contribution in [0.4, 0.5) is 13.6 Å². The zero-order valence-electron chi connectivity index (χ0n) is 13.7. The topological polar surface area (TPSA) is 61.4 Å². The van der Waals surface area contributed by atoms with Crippen LogP contribution in [0, 0.1) is 11.6 Å². The molecule has 1 rings (SSSR count). The minimum Gasteiger partial charge on any atom is -0.383 e. The van der Waals surface area contributed by atoms with Crippen LogP contribution >= 0.6 is 11.8 Å². The van der Waals surface area contributed by atoms with E-state index in [9.17, 15) is 18.7 Å². The van der Waals surface area contributed by atoms with E-state index in [4.69, 9.17) is 0 Å². The van der Waals surface area contributed by atoms with Gasteiger partial charge in [0.2, 0.25) is 0 Å². The molecule has 2 atom stereocenters. The molecule has 23 heavy (non-hydrogen) atoms. The molecule has 0 aliphatic heterocycles. The van der Waals surface area contributed by atoms with Gasteiger partial charge in [0.1, 0.15) is 17.2 Å². The molecule has 0 heterocycles. The number of benzene rings is 1. The predicted molar refractivity (Wildman–Crippen MR) is 89.5 cm³/mol. The molecule has 0 bridgehead atoms. The highest BCUT2D eigenvalue weighted by Crippen LogP contribution is 2.23. The molecule has 1 aromatic carbocycles. The summed E-state index contributed by atoms with van der Waals surface area (Å²) >= 11 is 1.80. The van der Waals surface area contributed by atoms with Crippen LogP contribution in [0.5, 0.6) is 0 Å². The Hall–Kier alpha value is -1.34. The van der Waals surface area contributed by atoms with Gasteiger partial charge in [0.15, 0.2) is 0 Å². The van der Waals surface area contributed by atoms with Crippen molar-refractivity contribution in [3.63, 3.8) is 0 Å². The number of thioether (sulfide) groups is 1. The van der Waals surface area contributed by atoms with Gasteiger partial charge in [-0.1, -0.05) is 13.0 Å². The van der Waals surface area contributed by atoms with Crippen LogP contribution in [0.3, 0.4) is 0 Å². The Morgan fingerprint density at radius 2 is 2.13 bits per heavy atom. The van der Waals surface area contributed by atoms with Crippen molar-refractivity contribution in [1.82, 2.24) is 10.6 Å². The van der Waals surface area contributed by atoms with E-state index in [-0.39, 0.29) is 18.2 Å². The fourth-order valence-corrected chi connectivity index (χ4v) is 2.83. The van der Waals surface area contributed by atoms with Crippen LogP contribution in [0.1, 0.15) is 32.8 Å². The van der Waals surface area contributed by atoms with E-state index in [2.05, 4.69) is 17.6 Å². The molecule has 0 fully saturated rings. The number of halogens is 2. The molecular formula is C16H24F2N2O2S. The number of nitrogens with one attached hydrogen (secondary N) is 2. The minimum atomic E-state index is -1.63. The lowest BCUT2D eigenvalue weighted by atomic mass is 9.95. The van der Waals surface area contributed by atoms with Crippen molar-refractivity contribution in [3.05, 3.63) is 35.4 Å². The maximum atomic E-state index is 13.7. The molecule has 1 aromatic rings. The number of carbonyl (C=O) groups is 1. The third kappa shape index (κ3) is 6.74. The number of hydrogen-bond donors (Lipinski definition) is 3. The first-order valence-electron chi connectivity index (χ1n) is 7.56. The second kappa shape index (κ2) is 9.08. The summed E-state index contributed by atoms with van der Waals surface area (Å²) in [6, 6.07) is 2.52. The number of urea groups is 1. The van der Waals surface area contributed by atoms with Gasteiger partial charge in [-0.3, -0.25) is 0 Å². The summed E-state index contributed by atoms with van der Waals surface area (Å²) in [6.07, 6.45) is 0.842. The fourth-order valence-electron chi connectivity index (χ4n) is 2.03. The number of aliphatic hydroxyl groups is 1. The summed E-state index contributed by atoms with van der Waals surface area (Å²) in [5, 5.41) is 15.6. The molecule has 0 saturated heterocycles. The Morgan fingerprint density at radius 1 is 1.43 bits per heavy atom. The lowest BCUT2D eigenvalue weighted by Crippen LogP contribution is -2.46. The summed E-state index contributed by atoms with van der Waals surface area (Å²) in [4.78, 5) is 11.8. The second-order valence-corrected chi connectivity index (χ2v) is 7.01. The molecular weight excluding hydrogens is 322 g/mol. The smallest absolute Gasteiger partial charge is 0.315 e. The van der Waals surface area contributed by atoms with Crippen molar-refractivity contribution >= 4 is 17.8 Å². The molecule has 0 saturated carbocycles. The highest BCUT2D eigenvalue weighted by atomic mass is 32.2. The van der Waals surface area contributed by atoms with Gasteiger partial charge < -0.3 is 15.7 Å². The Balaban J connectivity index is 2.50. The molecule has 2 amide bonds.